The minimum Gasteiger partial charge on any atom is -0.345 e. The summed E-state index contributed by atoms with van der Waals surface area (Å²) in [7, 11) is 0. The number of carbonyl (C=O) groups excluding carboxylic acids is 1. The smallest absolute Gasteiger partial charge is 0.324 e. The molecule has 0 atom stereocenters. The molecule has 1 amide bonds. The number of thiocarbonyl (C=S) groups is 1. The molecule has 3 rings (SSSR count). The molecule has 0 aliphatic carbocycles. The third-order valence-corrected chi connectivity index (χ3v) is 5.69. The first kappa shape index (κ1) is 19.2. The summed E-state index contributed by atoms with van der Waals surface area (Å²) in [5, 5.41) is 14.7. The number of piperazine rings is 1. The molecule has 0 unspecified atom stereocenters. The summed E-state index contributed by atoms with van der Waals surface area (Å²) >= 11 is 6.42. The maximum atomic E-state index is 12.5. The molecule has 0 spiro atoms. The first-order chi connectivity index (χ1) is 12.8. The van der Waals surface area contributed by atoms with Gasteiger partial charge in [-0.05, 0) is 55.4 Å². The van der Waals surface area contributed by atoms with Crippen LogP contribution in [0.4, 0.5) is 10.7 Å². The fourth-order valence-electron chi connectivity index (χ4n) is 3.06. The molecule has 1 aliphatic rings. The summed E-state index contributed by atoms with van der Waals surface area (Å²) in [6.45, 7) is 6.38. The average molecular weight is 405 g/mol. The van der Waals surface area contributed by atoms with Crippen molar-refractivity contribution in [2.24, 2.45) is 0 Å². The standard InChI is InChI=1S/C18H20N4O3S2/c1-12-9-13(2)11-14(10-12)19-18(26)21-7-5-20(6-8-21)17(23)15-3-4-16(27-15)22(24)25/h3-4,9-11H,5-8H2,1-2H3,(H,19,26). The Kier molecular flexibility index (Phi) is 5.71. The highest BCUT2D eigenvalue weighted by molar-refractivity contribution is 7.80. The van der Waals surface area contributed by atoms with Crippen molar-refractivity contribution in [1.82, 2.24) is 9.80 Å². The highest BCUT2D eigenvalue weighted by atomic mass is 32.1. The van der Waals surface area contributed by atoms with Crippen molar-refractivity contribution < 1.29 is 9.72 Å². The molecule has 1 saturated heterocycles. The molecule has 1 aromatic heterocycles. The summed E-state index contributed by atoms with van der Waals surface area (Å²) in [6.07, 6.45) is 0. The number of nitro groups is 1. The molecule has 1 aliphatic heterocycles. The van der Waals surface area contributed by atoms with E-state index < -0.39 is 4.92 Å². The van der Waals surface area contributed by atoms with Gasteiger partial charge in [-0.3, -0.25) is 14.9 Å². The van der Waals surface area contributed by atoms with E-state index in [1.165, 1.54) is 23.3 Å². The van der Waals surface area contributed by atoms with Gasteiger partial charge < -0.3 is 15.1 Å². The first-order valence-electron chi connectivity index (χ1n) is 8.51. The highest BCUT2D eigenvalue weighted by Crippen LogP contribution is 2.25. The number of thiophene rings is 1. The summed E-state index contributed by atoms with van der Waals surface area (Å²) in [5.41, 5.74) is 3.29. The lowest BCUT2D eigenvalue weighted by atomic mass is 10.1. The van der Waals surface area contributed by atoms with Crippen LogP contribution in [-0.4, -0.2) is 51.9 Å². The monoisotopic (exact) mass is 404 g/mol. The number of aryl methyl sites for hydroxylation is 2. The molecule has 7 nitrogen and oxygen atoms in total. The molecular weight excluding hydrogens is 384 g/mol. The van der Waals surface area contributed by atoms with Crippen molar-refractivity contribution in [3.63, 3.8) is 0 Å². The molecule has 0 saturated carbocycles. The molecule has 0 radical (unpaired) electrons. The van der Waals surface area contributed by atoms with Crippen molar-refractivity contribution >= 4 is 45.3 Å². The number of nitrogens with zero attached hydrogens (tertiary/aromatic N) is 3. The fourth-order valence-corrected chi connectivity index (χ4v) is 4.15. The van der Waals surface area contributed by atoms with Crippen LogP contribution in [0.5, 0.6) is 0 Å². The van der Waals surface area contributed by atoms with Crippen molar-refractivity contribution in [2.75, 3.05) is 31.5 Å². The van der Waals surface area contributed by atoms with Gasteiger partial charge in [-0.15, -0.1) is 0 Å². The first-order valence-corrected chi connectivity index (χ1v) is 9.73. The minimum atomic E-state index is -0.476. The van der Waals surface area contributed by atoms with E-state index in [0.717, 1.165) is 17.0 Å². The fraction of sp³-hybridized carbons (Fsp3) is 0.333. The highest BCUT2D eigenvalue weighted by Gasteiger charge is 2.25. The van der Waals surface area contributed by atoms with Gasteiger partial charge in [-0.1, -0.05) is 17.4 Å². The number of hydrogen-bond donors (Lipinski definition) is 1. The predicted octanol–water partition coefficient (Wildman–Crippen LogP) is 3.43. The van der Waals surface area contributed by atoms with Crippen molar-refractivity contribution in [3.8, 4) is 0 Å². The largest absolute Gasteiger partial charge is 0.345 e. The molecule has 1 fully saturated rings. The van der Waals surface area contributed by atoms with Gasteiger partial charge in [0, 0.05) is 37.9 Å². The summed E-state index contributed by atoms with van der Waals surface area (Å²) in [5.74, 6) is -0.166. The van der Waals surface area contributed by atoms with Crippen LogP contribution in [0.25, 0.3) is 0 Å². The van der Waals surface area contributed by atoms with Gasteiger partial charge in [0.25, 0.3) is 5.91 Å². The number of benzene rings is 1. The molecule has 2 aromatic rings. The van der Waals surface area contributed by atoms with Gasteiger partial charge in [0.2, 0.25) is 0 Å². The lowest BCUT2D eigenvalue weighted by Crippen LogP contribution is -2.51. The third-order valence-electron chi connectivity index (χ3n) is 4.31. The SMILES string of the molecule is Cc1cc(C)cc(NC(=S)N2CCN(C(=O)c3ccc([N+](=O)[O-])s3)CC2)c1. The normalized spacial score (nSPS) is 14.1. The zero-order valence-corrected chi connectivity index (χ0v) is 16.7. The van der Waals surface area contributed by atoms with Crippen molar-refractivity contribution in [3.05, 3.63) is 56.5 Å². The van der Waals surface area contributed by atoms with E-state index >= 15 is 0 Å². The molecule has 2 heterocycles. The van der Waals surface area contributed by atoms with Gasteiger partial charge >= 0.3 is 5.00 Å². The Morgan fingerprint density at radius 1 is 1.11 bits per heavy atom. The molecular formula is C18H20N4O3S2. The van der Waals surface area contributed by atoms with Crippen LogP contribution in [-0.2, 0) is 0 Å². The Hall–Kier alpha value is -2.52. The van der Waals surface area contributed by atoms with Gasteiger partial charge in [-0.2, -0.15) is 0 Å². The van der Waals surface area contributed by atoms with Gasteiger partial charge in [0.1, 0.15) is 0 Å². The zero-order valence-electron chi connectivity index (χ0n) is 15.1. The zero-order chi connectivity index (χ0) is 19.6. The lowest BCUT2D eigenvalue weighted by molar-refractivity contribution is -0.380. The second kappa shape index (κ2) is 8.01. The van der Waals surface area contributed by atoms with Crippen LogP contribution in [0, 0.1) is 24.0 Å². The van der Waals surface area contributed by atoms with Crippen LogP contribution in [0.2, 0.25) is 0 Å². The van der Waals surface area contributed by atoms with Crippen molar-refractivity contribution in [2.45, 2.75) is 13.8 Å². The van der Waals surface area contributed by atoms with E-state index in [9.17, 15) is 14.9 Å². The summed E-state index contributed by atoms with van der Waals surface area (Å²) in [4.78, 5) is 27.0. The molecule has 9 heteroatoms. The summed E-state index contributed by atoms with van der Waals surface area (Å²) in [6, 6.07) is 9.08. The Bertz CT molecular complexity index is 868. The van der Waals surface area contributed by atoms with Gasteiger partial charge in [0.05, 0.1) is 9.80 Å². The Balaban J connectivity index is 1.56. The number of anilines is 1. The van der Waals surface area contributed by atoms with E-state index in [4.69, 9.17) is 12.2 Å². The number of rotatable bonds is 3. The van der Waals surface area contributed by atoms with E-state index in [-0.39, 0.29) is 10.9 Å². The van der Waals surface area contributed by atoms with E-state index in [1.54, 1.807) is 4.90 Å². The predicted molar refractivity (Wildman–Crippen MR) is 111 cm³/mol. The van der Waals surface area contributed by atoms with Crippen LogP contribution >= 0.6 is 23.6 Å². The van der Waals surface area contributed by atoms with Gasteiger partial charge in [-0.25, -0.2) is 0 Å². The second-order valence-corrected chi connectivity index (χ2v) is 7.93. The third kappa shape index (κ3) is 4.61. The van der Waals surface area contributed by atoms with Crippen molar-refractivity contribution in [1.29, 1.82) is 0 Å². The van der Waals surface area contributed by atoms with Crippen LogP contribution in [0.15, 0.2) is 30.3 Å². The quantitative estimate of drug-likeness (QED) is 0.480. The average Bonchev–Trinajstić information content (AvgIpc) is 3.10. The maximum absolute atomic E-state index is 12.5. The molecule has 27 heavy (non-hydrogen) atoms. The number of nitrogens with one attached hydrogen (secondary N) is 1. The molecule has 0 bridgehead atoms. The minimum absolute atomic E-state index is 0.0178. The molecule has 1 aromatic carbocycles. The summed E-state index contributed by atoms with van der Waals surface area (Å²) < 4.78 is 0. The van der Waals surface area contributed by atoms with Crippen LogP contribution < -0.4 is 5.32 Å². The Morgan fingerprint density at radius 2 is 1.70 bits per heavy atom. The topological polar surface area (TPSA) is 78.7 Å². The number of amides is 1. The van der Waals surface area contributed by atoms with E-state index in [0.29, 0.717) is 36.2 Å². The Labute approximate surface area is 166 Å². The maximum Gasteiger partial charge on any atom is 0.324 e. The molecule has 142 valence electrons. The van der Waals surface area contributed by atoms with Gasteiger partial charge in [0.15, 0.2) is 5.11 Å². The lowest BCUT2D eigenvalue weighted by Gasteiger charge is -2.36. The van der Waals surface area contributed by atoms with Crippen LogP contribution in [0.1, 0.15) is 20.8 Å². The van der Waals surface area contributed by atoms with E-state index in [1.807, 2.05) is 30.9 Å². The number of hydrogen-bond acceptors (Lipinski definition) is 5. The van der Waals surface area contributed by atoms with E-state index in [2.05, 4.69) is 11.4 Å². The number of carbonyl (C=O) groups is 1. The van der Waals surface area contributed by atoms with Crippen LogP contribution in [0.3, 0.4) is 0 Å². The Morgan fingerprint density at radius 3 is 2.26 bits per heavy atom. The second-order valence-electron chi connectivity index (χ2n) is 6.48. The molecule has 1 N–H and O–H groups in total.